The Hall–Kier alpha value is -2.98. The summed E-state index contributed by atoms with van der Waals surface area (Å²) >= 11 is 0. The standard InChI is InChI=1S/C19H22N6O/c1-3-24-7-9-25(10-8-24)18(26)17-11-14(2)21-19(23-17)22-16-6-4-5-15(12-16)13-20/h4-6,11-12H,3,7-10H2,1-2H3,(H,21,22,23). The summed E-state index contributed by atoms with van der Waals surface area (Å²) in [6.07, 6.45) is 0. The Morgan fingerprint density at radius 2 is 2.00 bits per heavy atom. The van der Waals surface area contributed by atoms with Gasteiger partial charge in [-0.1, -0.05) is 13.0 Å². The van der Waals surface area contributed by atoms with Crippen molar-refractivity contribution in [1.29, 1.82) is 5.26 Å². The highest BCUT2D eigenvalue weighted by Gasteiger charge is 2.23. The third kappa shape index (κ3) is 4.16. The predicted octanol–water partition coefficient (Wildman–Crippen LogP) is 2.18. The van der Waals surface area contributed by atoms with Crippen LogP contribution in [0.4, 0.5) is 11.6 Å². The second-order valence-electron chi connectivity index (χ2n) is 6.26. The molecular formula is C19H22N6O. The van der Waals surface area contributed by atoms with Crippen LogP contribution in [0.3, 0.4) is 0 Å². The van der Waals surface area contributed by atoms with Crippen molar-refractivity contribution in [2.24, 2.45) is 0 Å². The number of rotatable bonds is 4. The molecule has 26 heavy (non-hydrogen) atoms. The lowest BCUT2D eigenvalue weighted by Crippen LogP contribution is -2.48. The molecule has 0 unspecified atom stereocenters. The number of nitrogens with one attached hydrogen (secondary N) is 1. The third-order valence-corrected chi connectivity index (χ3v) is 4.43. The zero-order valence-corrected chi connectivity index (χ0v) is 15.1. The number of nitrogens with zero attached hydrogens (tertiary/aromatic N) is 5. The SMILES string of the molecule is CCN1CCN(C(=O)c2cc(C)nc(Nc3cccc(C#N)c3)n2)CC1. The van der Waals surface area contributed by atoms with Crippen LogP contribution in [-0.4, -0.2) is 58.4 Å². The van der Waals surface area contributed by atoms with E-state index >= 15 is 0 Å². The summed E-state index contributed by atoms with van der Waals surface area (Å²) in [5.41, 5.74) is 2.37. The molecule has 1 aromatic heterocycles. The fourth-order valence-corrected chi connectivity index (χ4v) is 2.96. The first kappa shape index (κ1) is 17.8. The Morgan fingerprint density at radius 1 is 1.23 bits per heavy atom. The van der Waals surface area contributed by atoms with Crippen LogP contribution in [0.25, 0.3) is 0 Å². The van der Waals surface area contributed by atoms with E-state index in [1.807, 2.05) is 17.9 Å². The number of likely N-dealkylation sites (N-methyl/N-ethyl adjacent to an activating group) is 1. The molecule has 1 amide bonds. The van der Waals surface area contributed by atoms with E-state index in [1.165, 1.54) is 0 Å². The molecule has 134 valence electrons. The minimum absolute atomic E-state index is 0.0694. The van der Waals surface area contributed by atoms with Gasteiger partial charge in [-0.3, -0.25) is 4.79 Å². The summed E-state index contributed by atoms with van der Waals surface area (Å²) in [4.78, 5) is 25.7. The molecule has 2 aromatic rings. The number of nitriles is 1. The number of benzene rings is 1. The smallest absolute Gasteiger partial charge is 0.272 e. The molecule has 1 aliphatic rings. The van der Waals surface area contributed by atoms with Crippen LogP contribution in [0, 0.1) is 18.3 Å². The van der Waals surface area contributed by atoms with E-state index in [4.69, 9.17) is 5.26 Å². The summed E-state index contributed by atoms with van der Waals surface area (Å²) in [6.45, 7) is 8.17. The number of anilines is 2. The van der Waals surface area contributed by atoms with Gasteiger partial charge in [-0.2, -0.15) is 5.26 Å². The highest BCUT2D eigenvalue weighted by molar-refractivity contribution is 5.92. The molecule has 1 fully saturated rings. The average molecular weight is 350 g/mol. The Balaban J connectivity index is 1.77. The third-order valence-electron chi connectivity index (χ3n) is 4.43. The van der Waals surface area contributed by atoms with Crippen molar-refractivity contribution in [2.45, 2.75) is 13.8 Å². The molecule has 0 radical (unpaired) electrons. The van der Waals surface area contributed by atoms with E-state index in [2.05, 4.69) is 33.2 Å². The van der Waals surface area contributed by atoms with Gasteiger partial charge in [-0.05, 0) is 37.7 Å². The van der Waals surface area contributed by atoms with Gasteiger partial charge in [0.2, 0.25) is 5.95 Å². The largest absolute Gasteiger partial charge is 0.335 e. The lowest BCUT2D eigenvalue weighted by Gasteiger charge is -2.33. The Bertz CT molecular complexity index is 836. The van der Waals surface area contributed by atoms with Crippen LogP contribution in [0.5, 0.6) is 0 Å². The minimum Gasteiger partial charge on any atom is -0.335 e. The number of carbonyl (C=O) groups excluding carboxylic acids is 1. The number of hydrogen-bond donors (Lipinski definition) is 1. The highest BCUT2D eigenvalue weighted by atomic mass is 16.2. The maximum Gasteiger partial charge on any atom is 0.272 e. The molecule has 3 rings (SSSR count). The molecule has 0 saturated carbocycles. The number of amides is 1. The van der Waals surface area contributed by atoms with Gasteiger partial charge in [0.15, 0.2) is 0 Å². The van der Waals surface area contributed by atoms with Gasteiger partial charge >= 0.3 is 0 Å². The fourth-order valence-electron chi connectivity index (χ4n) is 2.96. The van der Waals surface area contributed by atoms with Crippen LogP contribution < -0.4 is 5.32 Å². The van der Waals surface area contributed by atoms with Crippen LogP contribution in [0.15, 0.2) is 30.3 Å². The summed E-state index contributed by atoms with van der Waals surface area (Å²) in [5.74, 6) is 0.288. The van der Waals surface area contributed by atoms with Crippen molar-refractivity contribution >= 4 is 17.5 Å². The second kappa shape index (κ2) is 7.93. The maximum absolute atomic E-state index is 12.8. The first-order chi connectivity index (χ1) is 12.6. The summed E-state index contributed by atoms with van der Waals surface area (Å²) < 4.78 is 0. The molecule has 0 spiro atoms. The number of aromatic nitrogens is 2. The van der Waals surface area contributed by atoms with Gasteiger partial charge in [0.05, 0.1) is 11.6 Å². The predicted molar refractivity (Wildman–Crippen MR) is 99.2 cm³/mol. The quantitative estimate of drug-likeness (QED) is 0.910. The number of piperazine rings is 1. The van der Waals surface area contributed by atoms with Crippen molar-refractivity contribution < 1.29 is 4.79 Å². The Labute approximate surface area is 153 Å². The molecule has 1 saturated heterocycles. The van der Waals surface area contributed by atoms with Gasteiger partial charge in [-0.25, -0.2) is 9.97 Å². The normalized spacial score (nSPS) is 14.7. The molecular weight excluding hydrogens is 328 g/mol. The molecule has 0 aliphatic carbocycles. The number of carbonyl (C=O) groups is 1. The second-order valence-corrected chi connectivity index (χ2v) is 6.26. The average Bonchev–Trinajstić information content (AvgIpc) is 2.67. The van der Waals surface area contributed by atoms with Gasteiger partial charge in [0.1, 0.15) is 5.69 Å². The zero-order chi connectivity index (χ0) is 18.5. The molecule has 1 aliphatic heterocycles. The monoisotopic (exact) mass is 350 g/mol. The van der Waals surface area contributed by atoms with Gasteiger partial charge in [0, 0.05) is 37.6 Å². The van der Waals surface area contributed by atoms with E-state index in [9.17, 15) is 4.79 Å². The molecule has 1 N–H and O–H groups in total. The van der Waals surface area contributed by atoms with Gasteiger partial charge < -0.3 is 15.1 Å². The van der Waals surface area contributed by atoms with Crippen molar-refractivity contribution in [3.05, 3.63) is 47.3 Å². The van der Waals surface area contributed by atoms with Crippen LogP contribution in [-0.2, 0) is 0 Å². The number of aryl methyl sites for hydroxylation is 1. The van der Waals surface area contributed by atoms with Gasteiger partial charge in [-0.15, -0.1) is 0 Å². The Kier molecular flexibility index (Phi) is 5.44. The lowest BCUT2D eigenvalue weighted by atomic mass is 10.2. The van der Waals surface area contributed by atoms with E-state index in [1.54, 1.807) is 24.3 Å². The van der Waals surface area contributed by atoms with Gasteiger partial charge in [0.25, 0.3) is 5.91 Å². The fraction of sp³-hybridized carbons (Fsp3) is 0.368. The first-order valence-corrected chi connectivity index (χ1v) is 8.73. The molecule has 1 aromatic carbocycles. The molecule has 0 bridgehead atoms. The molecule has 0 atom stereocenters. The van der Waals surface area contributed by atoms with Crippen LogP contribution in [0.1, 0.15) is 28.7 Å². The maximum atomic E-state index is 12.8. The number of hydrogen-bond acceptors (Lipinski definition) is 6. The molecule has 7 heteroatoms. The van der Waals surface area contributed by atoms with Crippen molar-refractivity contribution in [1.82, 2.24) is 19.8 Å². The summed E-state index contributed by atoms with van der Waals surface area (Å²) in [7, 11) is 0. The lowest BCUT2D eigenvalue weighted by molar-refractivity contribution is 0.0637. The summed E-state index contributed by atoms with van der Waals surface area (Å²) in [6, 6.07) is 10.9. The van der Waals surface area contributed by atoms with Crippen LogP contribution in [0.2, 0.25) is 0 Å². The zero-order valence-electron chi connectivity index (χ0n) is 15.1. The van der Waals surface area contributed by atoms with E-state index < -0.39 is 0 Å². The Morgan fingerprint density at radius 3 is 2.69 bits per heavy atom. The van der Waals surface area contributed by atoms with E-state index in [0.29, 0.717) is 36.0 Å². The van der Waals surface area contributed by atoms with Crippen molar-refractivity contribution in [3.63, 3.8) is 0 Å². The molecule has 7 nitrogen and oxygen atoms in total. The highest BCUT2D eigenvalue weighted by Crippen LogP contribution is 2.16. The first-order valence-electron chi connectivity index (χ1n) is 8.73. The van der Waals surface area contributed by atoms with Crippen LogP contribution >= 0.6 is 0 Å². The summed E-state index contributed by atoms with van der Waals surface area (Å²) in [5, 5.41) is 12.1. The van der Waals surface area contributed by atoms with Crippen molar-refractivity contribution in [3.8, 4) is 6.07 Å². The van der Waals surface area contributed by atoms with Crippen molar-refractivity contribution in [2.75, 3.05) is 38.0 Å². The molecule has 2 heterocycles. The topological polar surface area (TPSA) is 85.1 Å². The minimum atomic E-state index is -0.0694. The van der Waals surface area contributed by atoms with E-state index in [0.717, 1.165) is 25.3 Å². The van der Waals surface area contributed by atoms with E-state index in [-0.39, 0.29) is 5.91 Å².